The van der Waals surface area contributed by atoms with Gasteiger partial charge in [-0.2, -0.15) is 0 Å². The third-order valence-electron chi connectivity index (χ3n) is 3.75. The average molecular weight is 343 g/mol. The van der Waals surface area contributed by atoms with Gasteiger partial charge in [0, 0.05) is 11.8 Å². The van der Waals surface area contributed by atoms with E-state index in [1.165, 1.54) is 13.0 Å². The number of anilines is 1. The smallest absolute Gasteiger partial charge is 0.342 e. The number of aryl methyl sites for hydroxylation is 1. The lowest BCUT2D eigenvalue weighted by Crippen LogP contribution is -2.30. The van der Waals surface area contributed by atoms with Crippen LogP contribution in [0.5, 0.6) is 17.2 Å². The normalized spacial score (nSPS) is 13.2. The number of benzene rings is 2. The summed E-state index contributed by atoms with van der Waals surface area (Å²) in [5, 5.41) is 12.6. The van der Waals surface area contributed by atoms with Gasteiger partial charge in [-0.1, -0.05) is 12.1 Å². The van der Waals surface area contributed by atoms with Crippen molar-refractivity contribution in [2.45, 2.75) is 20.0 Å². The number of fused-ring (bicyclic) bond motifs is 1. The first-order chi connectivity index (χ1) is 12.0. The quantitative estimate of drug-likeness (QED) is 0.829. The fourth-order valence-corrected chi connectivity index (χ4v) is 2.32. The van der Waals surface area contributed by atoms with E-state index in [0.29, 0.717) is 22.7 Å². The van der Waals surface area contributed by atoms with Crippen molar-refractivity contribution >= 4 is 17.6 Å². The number of hydrogen-bond acceptors (Lipinski definition) is 6. The van der Waals surface area contributed by atoms with E-state index in [9.17, 15) is 14.7 Å². The second-order valence-corrected chi connectivity index (χ2v) is 5.58. The highest BCUT2D eigenvalue weighted by molar-refractivity contribution is 5.98. The maximum absolute atomic E-state index is 12.2. The minimum atomic E-state index is -1.04. The summed E-state index contributed by atoms with van der Waals surface area (Å²) in [6.45, 7) is 3.26. The summed E-state index contributed by atoms with van der Waals surface area (Å²) < 4.78 is 15.6. The summed E-state index contributed by atoms with van der Waals surface area (Å²) in [7, 11) is 0. The molecule has 3 rings (SSSR count). The van der Waals surface area contributed by atoms with Crippen LogP contribution >= 0.6 is 0 Å². The third-order valence-corrected chi connectivity index (χ3v) is 3.75. The van der Waals surface area contributed by atoms with Crippen LogP contribution in [0.4, 0.5) is 5.69 Å². The molecule has 1 amide bonds. The van der Waals surface area contributed by atoms with Crippen LogP contribution in [0.15, 0.2) is 36.4 Å². The van der Waals surface area contributed by atoms with Crippen LogP contribution in [0.25, 0.3) is 0 Å². The van der Waals surface area contributed by atoms with E-state index in [1.807, 2.05) is 0 Å². The summed E-state index contributed by atoms with van der Waals surface area (Å²) in [6.07, 6.45) is -1.04. The molecule has 0 saturated carbocycles. The largest absolute Gasteiger partial charge is 0.507 e. The van der Waals surface area contributed by atoms with Crippen LogP contribution in [0.1, 0.15) is 22.8 Å². The molecular formula is C18H17NO6. The molecule has 0 fully saturated rings. The van der Waals surface area contributed by atoms with Gasteiger partial charge in [0.15, 0.2) is 17.6 Å². The molecular weight excluding hydrogens is 326 g/mol. The van der Waals surface area contributed by atoms with Crippen molar-refractivity contribution in [2.24, 2.45) is 0 Å². The Hall–Kier alpha value is -3.22. The van der Waals surface area contributed by atoms with Crippen molar-refractivity contribution in [3.8, 4) is 17.2 Å². The number of phenols is 1. The van der Waals surface area contributed by atoms with Gasteiger partial charge in [0.2, 0.25) is 6.79 Å². The molecule has 0 saturated heterocycles. The molecule has 0 aromatic heterocycles. The zero-order valence-corrected chi connectivity index (χ0v) is 13.7. The van der Waals surface area contributed by atoms with Crippen molar-refractivity contribution in [1.82, 2.24) is 0 Å². The Morgan fingerprint density at radius 3 is 2.76 bits per heavy atom. The van der Waals surface area contributed by atoms with Crippen LogP contribution in [0.2, 0.25) is 0 Å². The molecule has 0 spiro atoms. The molecule has 130 valence electrons. The van der Waals surface area contributed by atoms with Crippen LogP contribution < -0.4 is 14.8 Å². The highest BCUT2D eigenvalue weighted by Crippen LogP contribution is 2.34. The summed E-state index contributed by atoms with van der Waals surface area (Å²) in [6, 6.07) is 9.70. The molecule has 2 N–H and O–H groups in total. The van der Waals surface area contributed by atoms with Crippen molar-refractivity contribution in [3.63, 3.8) is 0 Å². The monoisotopic (exact) mass is 343 g/mol. The molecule has 0 aliphatic carbocycles. The van der Waals surface area contributed by atoms with E-state index in [1.54, 1.807) is 37.3 Å². The summed E-state index contributed by atoms with van der Waals surface area (Å²) in [5.74, 6) is -0.288. The third kappa shape index (κ3) is 3.50. The number of ether oxygens (including phenoxy) is 3. The SMILES string of the molecule is Cc1cccc(C(=O)O[C@@H](C)C(=O)Nc2ccc3c(c2)OCO3)c1O. The molecule has 1 aliphatic heterocycles. The first kappa shape index (κ1) is 16.6. The number of carbonyl (C=O) groups excluding carboxylic acids is 2. The maximum Gasteiger partial charge on any atom is 0.342 e. The van der Waals surface area contributed by atoms with Gasteiger partial charge >= 0.3 is 5.97 Å². The molecule has 25 heavy (non-hydrogen) atoms. The molecule has 1 atom stereocenters. The minimum Gasteiger partial charge on any atom is -0.507 e. The van der Waals surface area contributed by atoms with E-state index in [4.69, 9.17) is 14.2 Å². The van der Waals surface area contributed by atoms with E-state index >= 15 is 0 Å². The first-order valence-corrected chi connectivity index (χ1v) is 7.66. The van der Waals surface area contributed by atoms with Gasteiger partial charge in [-0.05, 0) is 37.6 Å². The Morgan fingerprint density at radius 2 is 1.96 bits per heavy atom. The number of carbonyl (C=O) groups is 2. The zero-order valence-electron chi connectivity index (χ0n) is 13.7. The summed E-state index contributed by atoms with van der Waals surface area (Å²) in [5.41, 5.74) is 1.06. The van der Waals surface area contributed by atoms with Crippen LogP contribution in [-0.2, 0) is 9.53 Å². The van der Waals surface area contributed by atoms with Gasteiger partial charge in [-0.3, -0.25) is 4.79 Å². The van der Waals surface area contributed by atoms with Crippen molar-refractivity contribution in [3.05, 3.63) is 47.5 Å². The lowest BCUT2D eigenvalue weighted by Gasteiger charge is -2.14. The van der Waals surface area contributed by atoms with E-state index in [2.05, 4.69) is 5.32 Å². The Morgan fingerprint density at radius 1 is 1.20 bits per heavy atom. The minimum absolute atomic E-state index is 0.0164. The van der Waals surface area contributed by atoms with Crippen molar-refractivity contribution in [2.75, 3.05) is 12.1 Å². The number of nitrogens with one attached hydrogen (secondary N) is 1. The predicted octanol–water partition coefficient (Wildman–Crippen LogP) is 2.61. The molecule has 2 aromatic rings. The van der Waals surface area contributed by atoms with Gasteiger partial charge in [-0.25, -0.2) is 4.79 Å². The highest BCUT2D eigenvalue weighted by Gasteiger charge is 2.22. The Kier molecular flexibility index (Phi) is 4.47. The van der Waals surface area contributed by atoms with Gasteiger partial charge < -0.3 is 24.6 Å². The van der Waals surface area contributed by atoms with Gasteiger partial charge in [0.25, 0.3) is 5.91 Å². The van der Waals surface area contributed by atoms with Gasteiger partial charge in [0.1, 0.15) is 11.3 Å². The molecule has 2 aromatic carbocycles. The Balaban J connectivity index is 1.64. The second-order valence-electron chi connectivity index (χ2n) is 5.58. The molecule has 1 heterocycles. The number of esters is 1. The fraction of sp³-hybridized carbons (Fsp3) is 0.222. The molecule has 0 radical (unpaired) electrons. The first-order valence-electron chi connectivity index (χ1n) is 7.66. The number of rotatable bonds is 4. The summed E-state index contributed by atoms with van der Waals surface area (Å²) >= 11 is 0. The molecule has 7 heteroatoms. The number of para-hydroxylation sites is 1. The zero-order chi connectivity index (χ0) is 18.0. The van der Waals surface area contributed by atoms with Gasteiger partial charge in [-0.15, -0.1) is 0 Å². The number of amides is 1. The molecule has 1 aliphatic rings. The van der Waals surface area contributed by atoms with Crippen LogP contribution in [-0.4, -0.2) is 29.9 Å². The fourth-order valence-electron chi connectivity index (χ4n) is 2.32. The lowest BCUT2D eigenvalue weighted by molar-refractivity contribution is -0.123. The van der Waals surface area contributed by atoms with E-state index < -0.39 is 18.0 Å². The molecule has 0 bridgehead atoms. The Labute approximate surface area is 144 Å². The Bertz CT molecular complexity index is 832. The van der Waals surface area contributed by atoms with Crippen molar-refractivity contribution < 1.29 is 28.9 Å². The second kappa shape index (κ2) is 6.72. The van der Waals surface area contributed by atoms with Crippen molar-refractivity contribution in [1.29, 1.82) is 0 Å². The lowest BCUT2D eigenvalue weighted by atomic mass is 10.1. The molecule has 0 unspecified atom stereocenters. The van der Waals surface area contributed by atoms with Crippen LogP contribution in [0, 0.1) is 6.92 Å². The highest BCUT2D eigenvalue weighted by atomic mass is 16.7. The topological polar surface area (TPSA) is 94.1 Å². The van der Waals surface area contributed by atoms with Crippen LogP contribution in [0.3, 0.4) is 0 Å². The predicted molar refractivity (Wildman–Crippen MR) is 88.9 cm³/mol. The maximum atomic E-state index is 12.2. The molecule has 7 nitrogen and oxygen atoms in total. The number of phenolic OH excluding ortho intramolecular Hbond substituents is 1. The van der Waals surface area contributed by atoms with E-state index in [0.717, 1.165) is 0 Å². The summed E-state index contributed by atoms with van der Waals surface area (Å²) in [4.78, 5) is 24.3. The number of aromatic hydroxyl groups is 1. The standard InChI is InChI=1S/C18H17NO6/c1-10-4-3-5-13(16(10)20)18(22)25-11(2)17(21)19-12-6-7-14-15(8-12)24-9-23-14/h3-8,11,20H,9H2,1-2H3,(H,19,21)/t11-/m0/s1. The van der Waals surface area contributed by atoms with Gasteiger partial charge in [0.05, 0.1) is 0 Å². The average Bonchev–Trinajstić information content (AvgIpc) is 3.04. The number of hydrogen-bond donors (Lipinski definition) is 2. The van der Waals surface area contributed by atoms with E-state index in [-0.39, 0.29) is 18.1 Å².